The zero-order valence-corrected chi connectivity index (χ0v) is 16.8. The van der Waals surface area contributed by atoms with Crippen LogP contribution in [0.2, 0.25) is 0 Å². The first-order valence-corrected chi connectivity index (χ1v) is 11.0. The lowest BCUT2D eigenvalue weighted by atomic mass is 10.3. The predicted octanol–water partition coefficient (Wildman–Crippen LogP) is -1.08. The Hall–Kier alpha value is -1.33. The number of nitrogens with zero attached hydrogens (tertiary/aromatic N) is 2. The van der Waals surface area contributed by atoms with Crippen molar-refractivity contribution in [3.05, 3.63) is 30.1 Å². The average molecular weight is 418 g/mol. The molecule has 0 aromatic heterocycles. The number of piperazine rings is 1. The average Bonchev–Trinajstić information content (AvgIpc) is 2.69. The fourth-order valence-electron chi connectivity index (χ4n) is 3.28. The zero-order valence-electron chi connectivity index (χ0n) is 15.2. The van der Waals surface area contributed by atoms with Gasteiger partial charge in [-0.15, -0.1) is 0 Å². The quantitative estimate of drug-likeness (QED) is 0.595. The minimum atomic E-state index is -3.68. The van der Waals surface area contributed by atoms with Crippen molar-refractivity contribution in [1.82, 2.24) is 14.5 Å². The van der Waals surface area contributed by atoms with Crippen LogP contribution in [0.4, 0.5) is 4.39 Å². The van der Waals surface area contributed by atoms with Crippen molar-refractivity contribution in [2.45, 2.75) is 4.90 Å². The van der Waals surface area contributed by atoms with Crippen molar-refractivity contribution >= 4 is 27.4 Å². The smallest absolute Gasteiger partial charge is 0.243 e. The molecule has 2 aliphatic heterocycles. The van der Waals surface area contributed by atoms with Gasteiger partial charge in [-0.05, 0) is 30.4 Å². The van der Waals surface area contributed by atoms with Gasteiger partial charge in [0.05, 0.1) is 31.2 Å². The van der Waals surface area contributed by atoms with Crippen molar-refractivity contribution < 1.29 is 22.4 Å². The minimum Gasteiger partial charge on any atom is -0.370 e. The molecule has 0 spiro atoms. The molecule has 0 aliphatic carbocycles. The Morgan fingerprint density at radius 3 is 2.59 bits per heavy atom. The molecule has 2 N–H and O–H groups in total. The summed E-state index contributed by atoms with van der Waals surface area (Å²) in [7, 11) is -3.68. The van der Waals surface area contributed by atoms with Crippen LogP contribution in [-0.2, 0) is 14.8 Å². The number of rotatable bonds is 5. The van der Waals surface area contributed by atoms with Gasteiger partial charge in [0.25, 0.3) is 0 Å². The SMILES string of the molecule is O=S(=O)(c1cccc(F)c1)N1CCN(C(=S)NCC[NH+]2CCOCC2)CC1. The third kappa shape index (κ3) is 5.35. The molecule has 0 atom stereocenters. The predicted molar refractivity (Wildman–Crippen MR) is 104 cm³/mol. The Morgan fingerprint density at radius 1 is 1.22 bits per heavy atom. The van der Waals surface area contributed by atoms with E-state index in [2.05, 4.69) is 5.32 Å². The molecule has 0 saturated carbocycles. The van der Waals surface area contributed by atoms with Crippen molar-refractivity contribution in [3.8, 4) is 0 Å². The molecule has 2 fully saturated rings. The number of halogens is 1. The Kier molecular flexibility index (Phi) is 6.99. The number of hydrogen-bond acceptors (Lipinski definition) is 4. The topological polar surface area (TPSA) is 66.3 Å². The molecule has 0 bridgehead atoms. The van der Waals surface area contributed by atoms with E-state index in [9.17, 15) is 12.8 Å². The van der Waals surface area contributed by atoms with Gasteiger partial charge < -0.3 is 19.9 Å². The second-order valence-corrected chi connectivity index (χ2v) is 9.02. The van der Waals surface area contributed by atoms with Crippen LogP contribution >= 0.6 is 12.2 Å². The highest BCUT2D eigenvalue weighted by molar-refractivity contribution is 7.89. The summed E-state index contributed by atoms with van der Waals surface area (Å²) in [5.74, 6) is -0.553. The summed E-state index contributed by atoms with van der Waals surface area (Å²) >= 11 is 5.45. The van der Waals surface area contributed by atoms with Gasteiger partial charge in [-0.3, -0.25) is 0 Å². The highest BCUT2D eigenvalue weighted by Gasteiger charge is 2.29. The van der Waals surface area contributed by atoms with Gasteiger partial charge in [0.15, 0.2) is 5.11 Å². The van der Waals surface area contributed by atoms with Crippen LogP contribution < -0.4 is 10.2 Å². The molecule has 7 nitrogen and oxygen atoms in total. The van der Waals surface area contributed by atoms with Gasteiger partial charge >= 0.3 is 0 Å². The van der Waals surface area contributed by atoms with Gasteiger partial charge in [-0.25, -0.2) is 12.8 Å². The fraction of sp³-hybridized carbons (Fsp3) is 0.588. The van der Waals surface area contributed by atoms with E-state index in [4.69, 9.17) is 17.0 Å². The van der Waals surface area contributed by atoms with Crippen molar-refractivity contribution in [1.29, 1.82) is 0 Å². The summed E-state index contributed by atoms with van der Waals surface area (Å²) in [5, 5.41) is 3.93. The highest BCUT2D eigenvalue weighted by Crippen LogP contribution is 2.18. The van der Waals surface area contributed by atoms with Crippen LogP contribution in [-0.4, -0.2) is 88.3 Å². The molecule has 2 saturated heterocycles. The molecule has 150 valence electrons. The van der Waals surface area contributed by atoms with Gasteiger partial charge in [0.2, 0.25) is 10.0 Å². The number of benzene rings is 1. The molecule has 2 heterocycles. The highest BCUT2D eigenvalue weighted by atomic mass is 32.2. The molecule has 0 amide bonds. The molecule has 2 aliphatic rings. The van der Waals surface area contributed by atoms with Crippen molar-refractivity contribution in [2.75, 3.05) is 65.6 Å². The summed E-state index contributed by atoms with van der Waals surface area (Å²) < 4.78 is 45.4. The van der Waals surface area contributed by atoms with Crippen LogP contribution in [0.5, 0.6) is 0 Å². The van der Waals surface area contributed by atoms with Crippen molar-refractivity contribution in [2.24, 2.45) is 0 Å². The first-order chi connectivity index (χ1) is 13.0. The van der Waals surface area contributed by atoms with E-state index in [0.717, 1.165) is 45.5 Å². The third-order valence-corrected chi connectivity index (χ3v) is 7.21. The van der Waals surface area contributed by atoms with Crippen molar-refractivity contribution in [3.63, 3.8) is 0 Å². The standard InChI is InChI=1S/C17H25FN4O3S2/c18-15-2-1-3-16(14-15)27(23,24)22-8-6-21(7-9-22)17(26)19-4-5-20-10-12-25-13-11-20/h1-3,14H,4-13H2,(H,19,26)/p+1. The van der Waals surface area contributed by atoms with Crippen LogP contribution in [0.1, 0.15) is 0 Å². The molecule has 10 heteroatoms. The summed E-state index contributed by atoms with van der Waals surface area (Å²) in [5.41, 5.74) is 0. The normalized spacial score (nSPS) is 19.8. The van der Waals surface area contributed by atoms with E-state index in [1.165, 1.54) is 27.4 Å². The van der Waals surface area contributed by atoms with E-state index < -0.39 is 15.8 Å². The Morgan fingerprint density at radius 2 is 1.93 bits per heavy atom. The monoisotopic (exact) mass is 417 g/mol. The molecular weight excluding hydrogens is 391 g/mol. The Labute approximate surface area is 165 Å². The number of hydrogen-bond donors (Lipinski definition) is 2. The first kappa shape index (κ1) is 20.4. The zero-order chi connectivity index (χ0) is 19.3. The summed E-state index contributed by atoms with van der Waals surface area (Å²) in [6.07, 6.45) is 0. The van der Waals surface area contributed by atoms with E-state index >= 15 is 0 Å². The largest absolute Gasteiger partial charge is 0.370 e. The molecule has 0 unspecified atom stereocenters. The maximum atomic E-state index is 13.4. The summed E-state index contributed by atoms with van der Waals surface area (Å²) in [6, 6.07) is 5.13. The second kappa shape index (κ2) is 9.24. The number of nitrogens with one attached hydrogen (secondary N) is 2. The maximum Gasteiger partial charge on any atom is 0.243 e. The van der Waals surface area contributed by atoms with Crippen LogP contribution in [0.15, 0.2) is 29.2 Å². The lowest BCUT2D eigenvalue weighted by molar-refractivity contribution is -0.906. The second-order valence-electron chi connectivity index (χ2n) is 6.69. The van der Waals surface area contributed by atoms with Gasteiger partial charge in [0, 0.05) is 26.2 Å². The van der Waals surface area contributed by atoms with E-state index in [1.807, 2.05) is 4.90 Å². The Bertz CT molecular complexity index is 748. The van der Waals surface area contributed by atoms with Gasteiger partial charge in [0.1, 0.15) is 18.9 Å². The first-order valence-electron chi connectivity index (χ1n) is 9.16. The van der Waals surface area contributed by atoms with Gasteiger partial charge in [-0.2, -0.15) is 4.31 Å². The number of ether oxygens (including phenoxy) is 1. The van der Waals surface area contributed by atoms with E-state index in [0.29, 0.717) is 31.3 Å². The molecular formula is C17H26FN4O3S2+. The molecule has 1 aromatic rings. The van der Waals surface area contributed by atoms with Crippen LogP contribution in [0.25, 0.3) is 0 Å². The number of quaternary nitrogens is 1. The van der Waals surface area contributed by atoms with E-state index in [1.54, 1.807) is 0 Å². The third-order valence-electron chi connectivity index (χ3n) is 4.91. The summed E-state index contributed by atoms with van der Waals surface area (Å²) in [4.78, 5) is 3.48. The molecule has 0 radical (unpaired) electrons. The van der Waals surface area contributed by atoms with E-state index in [-0.39, 0.29) is 4.90 Å². The van der Waals surface area contributed by atoms with Crippen LogP contribution in [0, 0.1) is 5.82 Å². The lowest BCUT2D eigenvalue weighted by Crippen LogP contribution is -3.14. The maximum absolute atomic E-state index is 13.4. The number of morpholine rings is 1. The summed E-state index contributed by atoms with van der Waals surface area (Å²) in [6.45, 7) is 7.12. The number of sulfonamides is 1. The lowest BCUT2D eigenvalue weighted by Gasteiger charge is -2.35. The molecule has 27 heavy (non-hydrogen) atoms. The van der Waals surface area contributed by atoms with Gasteiger partial charge in [-0.1, -0.05) is 6.07 Å². The molecule has 3 rings (SSSR count). The minimum absolute atomic E-state index is 0.00913. The van der Waals surface area contributed by atoms with Crippen LogP contribution in [0.3, 0.4) is 0 Å². The number of thiocarbonyl (C=S) groups is 1. The Balaban J connectivity index is 1.46. The molecule has 1 aromatic carbocycles. The fourth-order valence-corrected chi connectivity index (χ4v) is 5.02.